The zero-order chi connectivity index (χ0) is 38.9. The summed E-state index contributed by atoms with van der Waals surface area (Å²) in [6.45, 7) is 20.9. The van der Waals surface area contributed by atoms with Gasteiger partial charge in [-0.15, -0.1) is 5.10 Å². The quantitative estimate of drug-likeness (QED) is 0.105. The summed E-state index contributed by atoms with van der Waals surface area (Å²) in [6, 6.07) is 2.27. The minimum absolute atomic E-state index is 0.00621. The second kappa shape index (κ2) is 16.6. The molecule has 0 aromatic carbocycles. The maximum absolute atomic E-state index is 9.77. The summed E-state index contributed by atoms with van der Waals surface area (Å²) in [7, 11) is 1.38. The summed E-state index contributed by atoms with van der Waals surface area (Å²) in [6.07, 6.45) is 8.30. The van der Waals surface area contributed by atoms with Crippen LogP contribution in [0.5, 0.6) is 11.8 Å². The Morgan fingerprint density at radius 2 is 1.81 bits per heavy atom. The highest BCUT2D eigenvalue weighted by atomic mass is 127. The number of ether oxygens (including phenoxy) is 3. The number of fused-ring (bicyclic) bond motifs is 1. The number of halogens is 1. The molecule has 16 heteroatoms. The molecule has 2 aliphatic heterocycles. The van der Waals surface area contributed by atoms with Crippen LogP contribution < -0.4 is 9.47 Å². The van der Waals surface area contributed by atoms with Gasteiger partial charge in [0.1, 0.15) is 6.10 Å². The van der Waals surface area contributed by atoms with Crippen LogP contribution >= 0.6 is 22.6 Å². The predicted octanol–water partition coefficient (Wildman–Crippen LogP) is 6.43. The van der Waals surface area contributed by atoms with Gasteiger partial charge in [0.05, 0.1) is 74.6 Å². The fraction of sp³-hybridized carbons (Fsp3) is 0.632. The van der Waals surface area contributed by atoms with Gasteiger partial charge in [-0.05, 0) is 116 Å². The molecule has 0 bridgehead atoms. The van der Waals surface area contributed by atoms with Crippen molar-refractivity contribution in [3.8, 4) is 23.0 Å². The first-order valence-electron chi connectivity index (χ1n) is 19.1. The molecule has 0 amide bonds. The molecule has 294 valence electrons. The number of hydrogen-bond donors (Lipinski definition) is 1. The van der Waals surface area contributed by atoms with E-state index in [-0.39, 0.29) is 31.1 Å². The number of aliphatic hydroxyl groups excluding tert-OH is 1. The molecule has 6 rings (SSSR count). The molecule has 2 atom stereocenters. The van der Waals surface area contributed by atoms with Crippen molar-refractivity contribution in [2.24, 2.45) is 7.05 Å². The molecule has 6 heterocycles. The van der Waals surface area contributed by atoms with Crippen LogP contribution in [0, 0.1) is 3.57 Å². The van der Waals surface area contributed by atoms with E-state index in [4.69, 9.17) is 33.6 Å². The van der Waals surface area contributed by atoms with E-state index in [1.807, 2.05) is 76.2 Å². The van der Waals surface area contributed by atoms with E-state index in [1.54, 1.807) is 10.9 Å². The maximum atomic E-state index is 9.77. The van der Waals surface area contributed by atoms with Gasteiger partial charge in [-0.3, -0.25) is 14.6 Å². The molecule has 0 radical (unpaired) electrons. The number of rotatable bonds is 15. The number of hydrogen-bond acceptors (Lipinski definition) is 11. The third-order valence-corrected chi connectivity index (χ3v) is 11.5. The van der Waals surface area contributed by atoms with Crippen molar-refractivity contribution in [3.05, 3.63) is 39.4 Å². The molecule has 4 aromatic rings. The predicted molar refractivity (Wildman–Crippen MR) is 217 cm³/mol. The molecule has 0 saturated carbocycles. The van der Waals surface area contributed by atoms with E-state index >= 15 is 0 Å². The van der Waals surface area contributed by atoms with Gasteiger partial charge in [-0.1, -0.05) is 5.98 Å². The highest BCUT2D eigenvalue weighted by molar-refractivity contribution is 14.1. The molecule has 1 N–H and O–H groups in total. The topological polar surface area (TPSA) is 136 Å². The van der Waals surface area contributed by atoms with Gasteiger partial charge in [0.25, 0.3) is 0 Å². The summed E-state index contributed by atoms with van der Waals surface area (Å²) in [5.41, 5.74) is 3.31. The smallest absolute Gasteiger partial charge is 0.473 e. The lowest BCUT2D eigenvalue weighted by Crippen LogP contribution is -2.41. The van der Waals surface area contributed by atoms with Gasteiger partial charge in [-0.2, -0.15) is 10.2 Å². The molecule has 1 unspecified atom stereocenters. The van der Waals surface area contributed by atoms with Gasteiger partial charge in [-0.25, -0.2) is 9.36 Å². The zero-order valence-corrected chi connectivity index (χ0v) is 35.5. The molecule has 14 nitrogen and oxygen atoms in total. The first-order chi connectivity index (χ1) is 25.6. The van der Waals surface area contributed by atoms with E-state index in [0.29, 0.717) is 38.0 Å². The molecular formula is C38H56BIN8O6. The zero-order valence-electron chi connectivity index (χ0n) is 33.4. The van der Waals surface area contributed by atoms with E-state index < -0.39 is 18.3 Å². The Balaban J connectivity index is 1.27. The molecule has 4 aromatic heterocycles. The number of aliphatic hydroxyl groups is 1. The maximum Gasteiger partial charge on any atom is 0.487 e. The molecular weight excluding hydrogens is 802 g/mol. The van der Waals surface area contributed by atoms with E-state index in [0.717, 1.165) is 56.4 Å². The van der Waals surface area contributed by atoms with E-state index in [9.17, 15) is 5.11 Å². The molecule has 0 spiro atoms. The SMILES string of the molecule is CC(C)Oc1nn(CCO)c(CN(C[C@H](C)Oc2c(-c3cc4c(/C=C/B5OC(C)(C)C(C)(C)O5)nn(C5CCCCO5)c4cn3)cnn2C)C(C)C)c1I. The Hall–Kier alpha value is -3.03. The van der Waals surface area contributed by atoms with Crippen molar-refractivity contribution in [1.29, 1.82) is 0 Å². The number of nitrogens with zero attached hydrogens (tertiary/aromatic N) is 8. The Kier molecular flexibility index (Phi) is 12.5. The summed E-state index contributed by atoms with van der Waals surface area (Å²) >= 11 is 2.30. The first-order valence-corrected chi connectivity index (χ1v) is 20.2. The fourth-order valence-corrected chi connectivity index (χ4v) is 7.42. The van der Waals surface area contributed by atoms with Gasteiger partial charge in [0.2, 0.25) is 11.8 Å². The average molecular weight is 859 g/mol. The number of aryl methyl sites for hydroxylation is 1. The van der Waals surface area contributed by atoms with Crippen molar-refractivity contribution in [2.75, 3.05) is 19.8 Å². The lowest BCUT2D eigenvalue weighted by molar-refractivity contribution is -0.0367. The largest absolute Gasteiger partial charge is 0.487 e. The van der Waals surface area contributed by atoms with Crippen molar-refractivity contribution < 1.29 is 28.6 Å². The lowest BCUT2D eigenvalue weighted by atomic mass is 9.89. The average Bonchev–Trinajstić information content (AvgIpc) is 3.80. The van der Waals surface area contributed by atoms with Gasteiger partial charge < -0.3 is 28.6 Å². The van der Waals surface area contributed by atoms with Crippen molar-refractivity contribution in [1.82, 2.24) is 39.2 Å². The molecule has 2 aliphatic rings. The summed E-state index contributed by atoms with van der Waals surface area (Å²) in [4.78, 5) is 7.28. The van der Waals surface area contributed by atoms with Gasteiger partial charge >= 0.3 is 7.12 Å². The molecule has 54 heavy (non-hydrogen) atoms. The second-order valence-corrected chi connectivity index (χ2v) is 16.9. The van der Waals surface area contributed by atoms with E-state index in [2.05, 4.69) is 64.5 Å². The normalized spacial score (nSPS) is 19.3. The van der Waals surface area contributed by atoms with Crippen molar-refractivity contribution in [3.63, 3.8) is 0 Å². The highest BCUT2D eigenvalue weighted by Crippen LogP contribution is 2.38. The Morgan fingerprint density at radius 3 is 2.46 bits per heavy atom. The first kappa shape index (κ1) is 40.6. The number of pyridine rings is 1. The van der Waals surface area contributed by atoms with Crippen molar-refractivity contribution >= 4 is 46.7 Å². The molecule has 2 fully saturated rings. The Morgan fingerprint density at radius 1 is 1.07 bits per heavy atom. The lowest BCUT2D eigenvalue weighted by Gasteiger charge is -2.32. The third-order valence-electron chi connectivity index (χ3n) is 10.4. The van der Waals surface area contributed by atoms with Crippen LogP contribution in [0.2, 0.25) is 0 Å². The highest BCUT2D eigenvalue weighted by Gasteiger charge is 2.50. The van der Waals surface area contributed by atoms with Crippen LogP contribution in [0.4, 0.5) is 0 Å². The van der Waals surface area contributed by atoms with E-state index in [1.165, 1.54) is 0 Å². The van der Waals surface area contributed by atoms with Crippen LogP contribution in [0.25, 0.3) is 28.2 Å². The monoisotopic (exact) mass is 858 g/mol. The third kappa shape index (κ3) is 8.68. The van der Waals surface area contributed by atoms with Crippen LogP contribution in [0.15, 0.2) is 24.4 Å². The fourth-order valence-electron chi connectivity index (χ4n) is 6.73. The van der Waals surface area contributed by atoms with Crippen LogP contribution in [0.1, 0.15) is 99.2 Å². The minimum Gasteiger partial charge on any atom is -0.473 e. The second-order valence-electron chi connectivity index (χ2n) is 15.8. The summed E-state index contributed by atoms with van der Waals surface area (Å²) in [5, 5.41) is 25.0. The van der Waals surface area contributed by atoms with Gasteiger partial charge in [0, 0.05) is 38.2 Å². The van der Waals surface area contributed by atoms with Crippen LogP contribution in [-0.4, -0.2) is 101 Å². The molecule has 2 saturated heterocycles. The number of aromatic nitrogens is 7. The minimum atomic E-state index is -0.498. The summed E-state index contributed by atoms with van der Waals surface area (Å²) < 4.78 is 37.9. The van der Waals surface area contributed by atoms with Crippen molar-refractivity contribution in [2.45, 2.75) is 130 Å². The van der Waals surface area contributed by atoms with Gasteiger partial charge in [0.15, 0.2) is 6.23 Å². The Bertz CT molecular complexity index is 1920. The standard InChI is InChI=1S/C38H56BIN8O6/c1-24(2)46(23-32-34(40)35(51-25(3)4)44-47(32)16-17-49)22-26(5)52-36-28(20-42-45(36)10)30-19-27-29(14-15-39-53-37(6,7)38(8,9)54-39)43-48(31(27)21-41-30)33-13-11-12-18-50-33/h14-15,19-21,24-26,33,49H,11-13,16-18,22-23H2,1-10H3/b15-14+/t26-,33?/m0/s1. The Labute approximate surface area is 332 Å². The van der Waals surface area contributed by atoms with Crippen LogP contribution in [-0.2, 0) is 34.2 Å². The molecule has 0 aliphatic carbocycles. The van der Waals surface area contributed by atoms with Crippen LogP contribution in [0.3, 0.4) is 0 Å². The summed E-state index contributed by atoms with van der Waals surface area (Å²) in [5.74, 6) is 3.15.